The van der Waals surface area contributed by atoms with Crippen molar-refractivity contribution >= 4 is 50.8 Å². The molecule has 0 saturated carbocycles. The van der Waals surface area contributed by atoms with E-state index < -0.39 is 11.5 Å². The van der Waals surface area contributed by atoms with Gasteiger partial charge in [0.1, 0.15) is 0 Å². The van der Waals surface area contributed by atoms with Crippen LogP contribution in [0.25, 0.3) is 0 Å². The second kappa shape index (κ2) is 6.26. The lowest BCUT2D eigenvalue weighted by atomic mass is 9.91. The van der Waals surface area contributed by atoms with Crippen molar-refractivity contribution in [3.8, 4) is 0 Å². The summed E-state index contributed by atoms with van der Waals surface area (Å²) in [5, 5.41) is 13.4. The van der Waals surface area contributed by atoms with Crippen molar-refractivity contribution in [2.45, 2.75) is 12.5 Å². The lowest BCUT2D eigenvalue weighted by molar-refractivity contribution is -0.142. The van der Waals surface area contributed by atoms with Crippen LogP contribution in [0.5, 0.6) is 0 Å². The van der Waals surface area contributed by atoms with Crippen molar-refractivity contribution in [1.82, 2.24) is 0 Å². The number of halogens is 3. The minimum absolute atomic E-state index is 0.342. The first kappa shape index (κ1) is 16.1. The Balaban J connectivity index is 2.47. The number of anilines is 1. The zero-order valence-electron chi connectivity index (χ0n) is 11.0. The van der Waals surface area contributed by atoms with Gasteiger partial charge in [-0.05, 0) is 49.4 Å². The van der Waals surface area contributed by atoms with Crippen LogP contribution in [0.15, 0.2) is 46.9 Å². The largest absolute Gasteiger partial charge is 0.479 e. The predicted molar refractivity (Wildman–Crippen MR) is 89.2 cm³/mol. The molecule has 1 atom stereocenters. The van der Waals surface area contributed by atoms with E-state index in [1.807, 2.05) is 12.1 Å². The normalized spacial score (nSPS) is 13.5. The van der Waals surface area contributed by atoms with Gasteiger partial charge < -0.3 is 10.4 Å². The van der Waals surface area contributed by atoms with Crippen molar-refractivity contribution in [1.29, 1.82) is 0 Å². The molecule has 1 unspecified atom stereocenters. The number of benzene rings is 2. The molecule has 2 aromatic carbocycles. The maximum absolute atomic E-state index is 11.8. The third kappa shape index (κ3) is 3.51. The van der Waals surface area contributed by atoms with Gasteiger partial charge in [0.15, 0.2) is 5.54 Å². The Morgan fingerprint density at radius 3 is 2.38 bits per heavy atom. The summed E-state index contributed by atoms with van der Waals surface area (Å²) in [4.78, 5) is 11.8. The first-order valence-corrected chi connectivity index (χ1v) is 7.60. The molecule has 0 aliphatic rings. The molecule has 110 valence electrons. The smallest absolute Gasteiger partial charge is 0.333 e. The highest BCUT2D eigenvalue weighted by Gasteiger charge is 2.37. The standard InChI is InChI=1S/C15H12BrCl2NO2/c1-15(14(20)21,12-8-10(17)4-7-13(12)18)19-11-5-2-9(16)3-6-11/h2-8,19H,1H3,(H,20,21). The van der Waals surface area contributed by atoms with Crippen LogP contribution in [-0.4, -0.2) is 11.1 Å². The van der Waals surface area contributed by atoms with E-state index in [1.54, 1.807) is 37.3 Å². The lowest BCUT2D eigenvalue weighted by Crippen LogP contribution is -2.40. The van der Waals surface area contributed by atoms with Crippen molar-refractivity contribution in [3.05, 3.63) is 62.5 Å². The Hall–Kier alpha value is -1.23. The summed E-state index contributed by atoms with van der Waals surface area (Å²) >= 11 is 15.4. The molecule has 0 aliphatic carbocycles. The van der Waals surface area contributed by atoms with Gasteiger partial charge in [-0.1, -0.05) is 39.1 Å². The fourth-order valence-corrected chi connectivity index (χ4v) is 2.68. The summed E-state index contributed by atoms with van der Waals surface area (Å²) in [5.41, 5.74) is -0.318. The van der Waals surface area contributed by atoms with Gasteiger partial charge in [0, 0.05) is 25.8 Å². The van der Waals surface area contributed by atoms with Gasteiger partial charge >= 0.3 is 5.97 Å². The summed E-state index contributed by atoms with van der Waals surface area (Å²) < 4.78 is 0.908. The van der Waals surface area contributed by atoms with Crippen molar-refractivity contribution in [2.75, 3.05) is 5.32 Å². The minimum atomic E-state index is -1.39. The van der Waals surface area contributed by atoms with E-state index in [2.05, 4.69) is 21.2 Å². The van der Waals surface area contributed by atoms with E-state index in [-0.39, 0.29) is 0 Å². The first-order valence-electron chi connectivity index (χ1n) is 6.05. The van der Waals surface area contributed by atoms with Crippen LogP contribution < -0.4 is 5.32 Å². The third-order valence-electron chi connectivity index (χ3n) is 3.13. The summed E-state index contributed by atoms with van der Waals surface area (Å²) in [6.45, 7) is 1.55. The van der Waals surface area contributed by atoms with E-state index in [0.29, 0.717) is 21.3 Å². The number of carbonyl (C=O) groups is 1. The fourth-order valence-electron chi connectivity index (χ4n) is 1.94. The quantitative estimate of drug-likeness (QED) is 0.759. The molecule has 3 nitrogen and oxygen atoms in total. The summed E-state index contributed by atoms with van der Waals surface area (Å²) in [6.07, 6.45) is 0. The molecule has 2 rings (SSSR count). The molecule has 0 aliphatic heterocycles. The van der Waals surface area contributed by atoms with Crippen LogP contribution in [0, 0.1) is 0 Å². The van der Waals surface area contributed by atoms with Crippen molar-refractivity contribution < 1.29 is 9.90 Å². The molecule has 0 bridgehead atoms. The molecule has 0 saturated heterocycles. The van der Waals surface area contributed by atoms with Crippen LogP contribution in [0.2, 0.25) is 10.0 Å². The summed E-state index contributed by atoms with van der Waals surface area (Å²) in [7, 11) is 0. The molecule has 0 fully saturated rings. The van der Waals surface area contributed by atoms with Gasteiger partial charge in [0.2, 0.25) is 0 Å². The van der Waals surface area contributed by atoms with Crippen LogP contribution in [-0.2, 0) is 10.3 Å². The highest BCUT2D eigenvalue weighted by atomic mass is 79.9. The Kier molecular flexibility index (Phi) is 4.81. The highest BCUT2D eigenvalue weighted by Crippen LogP contribution is 2.34. The third-order valence-corrected chi connectivity index (χ3v) is 4.23. The van der Waals surface area contributed by atoms with Crippen molar-refractivity contribution in [2.24, 2.45) is 0 Å². The number of aliphatic carboxylic acids is 1. The predicted octanol–water partition coefficient (Wildman–Crippen LogP) is 5.17. The van der Waals surface area contributed by atoms with E-state index in [4.69, 9.17) is 23.2 Å². The molecule has 0 aromatic heterocycles. The number of carboxylic acids is 1. The maximum Gasteiger partial charge on any atom is 0.333 e. The average molecular weight is 389 g/mol. The minimum Gasteiger partial charge on any atom is -0.479 e. The number of hydrogen-bond acceptors (Lipinski definition) is 2. The second-order valence-electron chi connectivity index (χ2n) is 4.69. The van der Waals surface area contributed by atoms with Crippen LogP contribution in [0.3, 0.4) is 0 Å². The SMILES string of the molecule is CC(Nc1ccc(Br)cc1)(C(=O)O)c1cc(Cl)ccc1Cl. The molecule has 6 heteroatoms. The number of carboxylic acid groups (broad SMARTS) is 1. The first-order chi connectivity index (χ1) is 9.83. The van der Waals surface area contributed by atoms with Gasteiger partial charge in [0.25, 0.3) is 0 Å². The zero-order valence-corrected chi connectivity index (χ0v) is 14.1. The van der Waals surface area contributed by atoms with Crippen molar-refractivity contribution in [3.63, 3.8) is 0 Å². The summed E-state index contributed by atoms with van der Waals surface area (Å²) in [6, 6.07) is 12.0. The molecule has 0 spiro atoms. The van der Waals surface area contributed by atoms with Gasteiger partial charge in [-0.25, -0.2) is 4.79 Å². The van der Waals surface area contributed by atoms with E-state index in [1.165, 1.54) is 0 Å². The fraction of sp³-hybridized carbons (Fsp3) is 0.133. The summed E-state index contributed by atoms with van der Waals surface area (Å²) in [5.74, 6) is -1.05. The second-order valence-corrected chi connectivity index (χ2v) is 6.45. The lowest BCUT2D eigenvalue weighted by Gasteiger charge is -2.29. The maximum atomic E-state index is 11.8. The molecule has 0 amide bonds. The molecule has 0 radical (unpaired) electrons. The van der Waals surface area contributed by atoms with Gasteiger partial charge in [0.05, 0.1) is 0 Å². The van der Waals surface area contributed by atoms with Gasteiger partial charge in [-0.2, -0.15) is 0 Å². The van der Waals surface area contributed by atoms with Gasteiger partial charge in [-0.15, -0.1) is 0 Å². The molecule has 21 heavy (non-hydrogen) atoms. The van der Waals surface area contributed by atoms with E-state index in [9.17, 15) is 9.90 Å². The number of nitrogens with one attached hydrogen (secondary N) is 1. The van der Waals surface area contributed by atoms with E-state index in [0.717, 1.165) is 4.47 Å². The van der Waals surface area contributed by atoms with Gasteiger partial charge in [-0.3, -0.25) is 0 Å². The Morgan fingerprint density at radius 2 is 1.81 bits per heavy atom. The molecule has 0 heterocycles. The van der Waals surface area contributed by atoms with Crippen LogP contribution in [0.4, 0.5) is 5.69 Å². The number of rotatable bonds is 4. The zero-order chi connectivity index (χ0) is 15.6. The Bertz CT molecular complexity index is 676. The van der Waals surface area contributed by atoms with Crippen LogP contribution in [0.1, 0.15) is 12.5 Å². The van der Waals surface area contributed by atoms with Crippen LogP contribution >= 0.6 is 39.1 Å². The molecular weight excluding hydrogens is 377 g/mol. The Morgan fingerprint density at radius 1 is 1.19 bits per heavy atom. The van der Waals surface area contributed by atoms with E-state index >= 15 is 0 Å². The Labute approximate surface area is 141 Å². The topological polar surface area (TPSA) is 49.3 Å². The molecule has 2 aromatic rings. The monoisotopic (exact) mass is 387 g/mol. The molecular formula is C15H12BrCl2NO2. The molecule has 2 N–H and O–H groups in total. The average Bonchev–Trinajstić information content (AvgIpc) is 2.43. The highest BCUT2D eigenvalue weighted by molar-refractivity contribution is 9.10. The number of hydrogen-bond donors (Lipinski definition) is 2.